The van der Waals surface area contributed by atoms with Crippen LogP contribution in [-0.4, -0.2) is 69.5 Å². The van der Waals surface area contributed by atoms with E-state index in [0.717, 1.165) is 6.42 Å². The SMILES string of the molecule is CNS(=O)(=O)CC1CCCN1C(=O)C1(C(=O)N(C)C)CC1. The molecule has 0 aromatic rings. The second-order valence-corrected chi connectivity index (χ2v) is 8.03. The van der Waals surface area contributed by atoms with Crippen LogP contribution >= 0.6 is 0 Å². The molecule has 21 heavy (non-hydrogen) atoms. The van der Waals surface area contributed by atoms with Crippen molar-refractivity contribution in [3.8, 4) is 0 Å². The number of amides is 2. The summed E-state index contributed by atoms with van der Waals surface area (Å²) in [6.45, 7) is 0.533. The number of nitrogens with zero attached hydrogens (tertiary/aromatic N) is 2. The van der Waals surface area contributed by atoms with Gasteiger partial charge in [-0.15, -0.1) is 0 Å². The van der Waals surface area contributed by atoms with E-state index in [1.54, 1.807) is 19.0 Å². The Bertz CT molecular complexity index is 540. The first-order valence-corrected chi connectivity index (χ1v) is 8.83. The van der Waals surface area contributed by atoms with Crippen molar-refractivity contribution in [1.82, 2.24) is 14.5 Å². The van der Waals surface area contributed by atoms with Gasteiger partial charge in [-0.05, 0) is 32.7 Å². The zero-order valence-electron chi connectivity index (χ0n) is 12.8. The Morgan fingerprint density at radius 2 is 1.95 bits per heavy atom. The van der Waals surface area contributed by atoms with Crippen molar-refractivity contribution in [2.24, 2.45) is 5.41 Å². The minimum atomic E-state index is -3.37. The molecule has 1 heterocycles. The molecule has 0 spiro atoms. The predicted octanol–water partition coefficient (Wildman–Crippen LogP) is -0.605. The summed E-state index contributed by atoms with van der Waals surface area (Å²) in [5, 5.41) is 0. The van der Waals surface area contributed by atoms with Gasteiger partial charge in [0.25, 0.3) is 0 Å². The fraction of sp³-hybridized carbons (Fsp3) is 0.846. The minimum absolute atomic E-state index is 0.0958. The number of carbonyl (C=O) groups excluding carboxylic acids is 2. The van der Waals surface area contributed by atoms with E-state index in [4.69, 9.17) is 0 Å². The first-order chi connectivity index (χ1) is 9.73. The molecule has 0 radical (unpaired) electrons. The smallest absolute Gasteiger partial charge is 0.238 e. The van der Waals surface area contributed by atoms with Gasteiger partial charge in [-0.3, -0.25) is 9.59 Å². The monoisotopic (exact) mass is 317 g/mol. The normalized spacial score (nSPS) is 24.0. The van der Waals surface area contributed by atoms with E-state index >= 15 is 0 Å². The Hall–Kier alpha value is -1.15. The largest absolute Gasteiger partial charge is 0.348 e. The average molecular weight is 317 g/mol. The molecule has 1 N–H and O–H groups in total. The van der Waals surface area contributed by atoms with Crippen LogP contribution in [0.5, 0.6) is 0 Å². The summed E-state index contributed by atoms with van der Waals surface area (Å²) in [7, 11) is 1.28. The Labute approximate surface area is 125 Å². The van der Waals surface area contributed by atoms with Crippen molar-refractivity contribution >= 4 is 21.8 Å². The first kappa shape index (κ1) is 16.2. The molecule has 2 fully saturated rings. The van der Waals surface area contributed by atoms with Gasteiger partial charge in [0.15, 0.2) is 0 Å². The zero-order chi connectivity index (χ0) is 15.8. The van der Waals surface area contributed by atoms with Crippen LogP contribution in [0, 0.1) is 5.41 Å². The lowest BCUT2D eigenvalue weighted by molar-refractivity contribution is -0.148. The minimum Gasteiger partial charge on any atom is -0.348 e. The fourth-order valence-electron chi connectivity index (χ4n) is 2.96. The fourth-order valence-corrected chi connectivity index (χ4v) is 3.98. The average Bonchev–Trinajstić information content (AvgIpc) is 3.12. The van der Waals surface area contributed by atoms with Crippen LogP contribution in [0.1, 0.15) is 25.7 Å². The van der Waals surface area contributed by atoms with E-state index in [9.17, 15) is 18.0 Å². The number of likely N-dealkylation sites (tertiary alicyclic amines) is 1. The second-order valence-electron chi connectivity index (χ2n) is 6.06. The van der Waals surface area contributed by atoms with Gasteiger partial charge >= 0.3 is 0 Å². The molecule has 1 unspecified atom stereocenters. The molecule has 1 saturated carbocycles. The van der Waals surface area contributed by atoms with Crippen LogP contribution in [0.3, 0.4) is 0 Å². The number of rotatable bonds is 5. The molecule has 0 bridgehead atoms. The molecule has 2 aliphatic rings. The Kier molecular flexibility index (Phi) is 4.30. The standard InChI is InChI=1S/C13H23N3O4S/c1-14-21(19,20)9-10-5-4-8-16(10)12(18)13(6-7-13)11(17)15(2)3/h10,14H,4-9H2,1-3H3. The number of nitrogens with one attached hydrogen (secondary N) is 1. The summed E-state index contributed by atoms with van der Waals surface area (Å²) < 4.78 is 25.7. The highest BCUT2D eigenvalue weighted by Gasteiger charge is 2.59. The van der Waals surface area contributed by atoms with E-state index in [1.165, 1.54) is 11.9 Å². The molecule has 7 nitrogen and oxygen atoms in total. The zero-order valence-corrected chi connectivity index (χ0v) is 13.6. The van der Waals surface area contributed by atoms with Gasteiger partial charge in [-0.2, -0.15) is 0 Å². The molecule has 0 aromatic carbocycles. The third-order valence-electron chi connectivity index (χ3n) is 4.34. The van der Waals surface area contributed by atoms with Gasteiger partial charge in [-0.1, -0.05) is 0 Å². The van der Waals surface area contributed by atoms with Gasteiger partial charge in [0.05, 0.1) is 5.75 Å². The van der Waals surface area contributed by atoms with E-state index in [2.05, 4.69) is 4.72 Å². The van der Waals surface area contributed by atoms with Gasteiger partial charge < -0.3 is 9.80 Å². The number of hydrogen-bond donors (Lipinski definition) is 1. The van der Waals surface area contributed by atoms with E-state index in [1.807, 2.05) is 0 Å². The molecule has 1 atom stereocenters. The second kappa shape index (κ2) is 5.57. The molecule has 0 aromatic heterocycles. The Morgan fingerprint density at radius 3 is 2.43 bits per heavy atom. The maximum Gasteiger partial charge on any atom is 0.238 e. The molecule has 1 aliphatic heterocycles. The maximum absolute atomic E-state index is 12.7. The van der Waals surface area contributed by atoms with Crippen molar-refractivity contribution in [3.63, 3.8) is 0 Å². The topological polar surface area (TPSA) is 86.8 Å². The van der Waals surface area contributed by atoms with Crippen molar-refractivity contribution in [2.75, 3.05) is 33.4 Å². The third kappa shape index (κ3) is 3.06. The number of hydrogen-bond acceptors (Lipinski definition) is 4. The van der Waals surface area contributed by atoms with Crippen molar-refractivity contribution in [3.05, 3.63) is 0 Å². The van der Waals surface area contributed by atoms with Crippen LogP contribution in [0.15, 0.2) is 0 Å². The van der Waals surface area contributed by atoms with Crippen LogP contribution in [-0.2, 0) is 19.6 Å². The lowest BCUT2D eigenvalue weighted by Gasteiger charge is -2.29. The summed E-state index contributed by atoms with van der Waals surface area (Å²) in [5.41, 5.74) is -0.935. The van der Waals surface area contributed by atoms with E-state index < -0.39 is 15.4 Å². The summed E-state index contributed by atoms with van der Waals surface area (Å²) in [4.78, 5) is 28.0. The van der Waals surface area contributed by atoms with E-state index in [0.29, 0.717) is 25.8 Å². The quantitative estimate of drug-likeness (QED) is 0.686. The van der Waals surface area contributed by atoms with Gasteiger partial charge in [0.1, 0.15) is 5.41 Å². The summed E-state index contributed by atoms with van der Waals surface area (Å²) in [6, 6.07) is -0.331. The summed E-state index contributed by atoms with van der Waals surface area (Å²) >= 11 is 0. The highest BCUT2D eigenvalue weighted by atomic mass is 32.2. The van der Waals surface area contributed by atoms with Gasteiger partial charge in [0, 0.05) is 26.7 Å². The lowest BCUT2D eigenvalue weighted by Crippen LogP contribution is -2.49. The van der Waals surface area contributed by atoms with Crippen LogP contribution in [0.2, 0.25) is 0 Å². The Morgan fingerprint density at radius 1 is 1.33 bits per heavy atom. The van der Waals surface area contributed by atoms with E-state index in [-0.39, 0.29) is 23.6 Å². The van der Waals surface area contributed by atoms with Gasteiger partial charge in [-0.25, -0.2) is 13.1 Å². The number of carbonyl (C=O) groups is 2. The molecule has 2 amide bonds. The predicted molar refractivity (Wildman–Crippen MR) is 77.9 cm³/mol. The highest BCUT2D eigenvalue weighted by Crippen LogP contribution is 2.49. The number of sulfonamides is 1. The van der Waals surface area contributed by atoms with Crippen molar-refractivity contribution in [1.29, 1.82) is 0 Å². The lowest BCUT2D eigenvalue weighted by atomic mass is 10.0. The molecule has 8 heteroatoms. The molecule has 1 aliphatic carbocycles. The molecule has 120 valence electrons. The summed E-state index contributed by atoms with van der Waals surface area (Å²) in [5.74, 6) is -0.466. The molecule has 2 rings (SSSR count). The van der Waals surface area contributed by atoms with Crippen molar-refractivity contribution < 1.29 is 18.0 Å². The summed E-state index contributed by atoms with van der Waals surface area (Å²) in [6.07, 6.45) is 2.57. The Balaban J connectivity index is 2.14. The molecule has 1 saturated heterocycles. The highest BCUT2D eigenvalue weighted by molar-refractivity contribution is 7.89. The van der Waals surface area contributed by atoms with Crippen molar-refractivity contribution in [2.45, 2.75) is 31.7 Å². The van der Waals surface area contributed by atoms with Crippen LogP contribution in [0.25, 0.3) is 0 Å². The maximum atomic E-state index is 12.7. The molecular weight excluding hydrogens is 294 g/mol. The molecular formula is C13H23N3O4S. The van der Waals surface area contributed by atoms with Gasteiger partial charge in [0.2, 0.25) is 21.8 Å². The van der Waals surface area contributed by atoms with Crippen LogP contribution in [0.4, 0.5) is 0 Å². The van der Waals surface area contributed by atoms with Crippen LogP contribution < -0.4 is 4.72 Å². The third-order valence-corrected chi connectivity index (χ3v) is 5.78. The first-order valence-electron chi connectivity index (χ1n) is 7.17.